The number of carbonyl (C=O) groups excluding carboxylic acids is 3. The molecule has 0 saturated carbocycles. The Labute approximate surface area is 173 Å². The second kappa shape index (κ2) is 8.16. The lowest BCUT2D eigenvalue weighted by Gasteiger charge is -2.13. The number of carbonyl (C=O) groups is 3. The summed E-state index contributed by atoms with van der Waals surface area (Å²) >= 11 is 0. The number of hydrogen-bond acceptors (Lipinski definition) is 5. The zero-order valence-corrected chi connectivity index (χ0v) is 16.3. The van der Waals surface area contributed by atoms with E-state index in [2.05, 4.69) is 10.3 Å². The number of pyridine rings is 1. The van der Waals surface area contributed by atoms with E-state index in [1.165, 1.54) is 17.0 Å². The zero-order valence-electron chi connectivity index (χ0n) is 16.3. The van der Waals surface area contributed by atoms with Gasteiger partial charge in [-0.3, -0.25) is 24.3 Å². The molecule has 1 N–H and O–H groups in total. The number of hydrogen-bond donors (Lipinski definition) is 1. The number of imide groups is 1. The van der Waals surface area contributed by atoms with Gasteiger partial charge >= 0.3 is 0 Å². The molecule has 1 aromatic heterocycles. The van der Waals surface area contributed by atoms with Crippen molar-refractivity contribution in [3.05, 3.63) is 89.2 Å². The second-order valence-corrected chi connectivity index (χ2v) is 6.72. The SMILES string of the molecule is CCOc1ccc(NC(=O)c2ccc3c(c2)C(=O)N(Cc2ccncc2)C3=O)cc1. The lowest BCUT2D eigenvalue weighted by atomic mass is 10.1. The summed E-state index contributed by atoms with van der Waals surface area (Å²) in [5, 5.41) is 2.78. The van der Waals surface area contributed by atoms with Gasteiger partial charge in [0.05, 0.1) is 24.3 Å². The van der Waals surface area contributed by atoms with Crippen LogP contribution in [0.2, 0.25) is 0 Å². The number of amides is 3. The predicted octanol–water partition coefficient (Wildman–Crippen LogP) is 3.53. The summed E-state index contributed by atoms with van der Waals surface area (Å²) < 4.78 is 5.39. The summed E-state index contributed by atoms with van der Waals surface area (Å²) in [5.41, 5.74) is 2.23. The normalized spacial score (nSPS) is 12.6. The number of fused-ring (bicyclic) bond motifs is 1. The highest BCUT2D eigenvalue weighted by atomic mass is 16.5. The largest absolute Gasteiger partial charge is 0.494 e. The van der Waals surface area contributed by atoms with E-state index in [0.717, 1.165) is 5.56 Å². The van der Waals surface area contributed by atoms with Crippen LogP contribution in [0.4, 0.5) is 5.69 Å². The fraction of sp³-hybridized carbons (Fsp3) is 0.130. The Balaban J connectivity index is 1.51. The van der Waals surface area contributed by atoms with Gasteiger partial charge in [-0.2, -0.15) is 0 Å². The lowest BCUT2D eigenvalue weighted by Crippen LogP contribution is -2.29. The first-order valence-electron chi connectivity index (χ1n) is 9.50. The number of aromatic nitrogens is 1. The first-order valence-corrected chi connectivity index (χ1v) is 9.50. The van der Waals surface area contributed by atoms with Crippen LogP contribution in [-0.4, -0.2) is 34.2 Å². The summed E-state index contributed by atoms with van der Waals surface area (Å²) in [6.45, 7) is 2.61. The van der Waals surface area contributed by atoms with Crippen LogP contribution in [0.1, 0.15) is 43.6 Å². The molecule has 1 aliphatic rings. The van der Waals surface area contributed by atoms with Gasteiger partial charge in [0, 0.05) is 23.6 Å². The van der Waals surface area contributed by atoms with Crippen molar-refractivity contribution in [3.63, 3.8) is 0 Å². The van der Waals surface area contributed by atoms with Crippen molar-refractivity contribution in [2.75, 3.05) is 11.9 Å². The summed E-state index contributed by atoms with van der Waals surface area (Å²) in [7, 11) is 0. The number of nitrogens with one attached hydrogen (secondary N) is 1. The number of ether oxygens (including phenoxy) is 1. The summed E-state index contributed by atoms with van der Waals surface area (Å²) in [6, 6.07) is 15.0. The van der Waals surface area contributed by atoms with Crippen LogP contribution in [0.15, 0.2) is 67.0 Å². The van der Waals surface area contributed by atoms with E-state index in [9.17, 15) is 14.4 Å². The molecule has 0 fully saturated rings. The fourth-order valence-corrected chi connectivity index (χ4v) is 3.25. The molecule has 150 valence electrons. The van der Waals surface area contributed by atoms with E-state index in [1.54, 1.807) is 54.9 Å². The minimum Gasteiger partial charge on any atom is -0.494 e. The molecule has 7 heteroatoms. The molecular formula is C23H19N3O4. The molecule has 2 heterocycles. The third-order valence-corrected chi connectivity index (χ3v) is 4.75. The number of anilines is 1. The maximum Gasteiger partial charge on any atom is 0.261 e. The molecule has 0 spiro atoms. The summed E-state index contributed by atoms with van der Waals surface area (Å²) in [5.74, 6) is -0.436. The smallest absolute Gasteiger partial charge is 0.261 e. The van der Waals surface area contributed by atoms with Crippen LogP contribution in [0, 0.1) is 0 Å². The molecule has 1 aliphatic heterocycles. The predicted molar refractivity (Wildman–Crippen MR) is 110 cm³/mol. The maximum absolute atomic E-state index is 12.8. The standard InChI is InChI=1S/C23H19N3O4/c1-2-30-18-6-4-17(5-7-18)25-21(27)16-3-8-19-20(13-16)23(29)26(22(19)28)14-15-9-11-24-12-10-15/h3-13H,2,14H2,1H3,(H,25,27). The van der Waals surface area contributed by atoms with Gasteiger partial charge in [0.25, 0.3) is 17.7 Å². The first kappa shape index (κ1) is 19.3. The molecule has 4 rings (SSSR count). The number of nitrogens with zero attached hydrogens (tertiary/aromatic N) is 2. The van der Waals surface area contributed by atoms with Crippen molar-refractivity contribution in [2.45, 2.75) is 13.5 Å². The molecule has 3 amide bonds. The second-order valence-electron chi connectivity index (χ2n) is 6.72. The van der Waals surface area contributed by atoms with Gasteiger partial charge in [-0.25, -0.2) is 0 Å². The quantitative estimate of drug-likeness (QED) is 0.639. The Morgan fingerprint density at radius 1 is 0.967 bits per heavy atom. The summed E-state index contributed by atoms with van der Waals surface area (Å²) in [4.78, 5) is 43.2. The van der Waals surface area contributed by atoms with E-state index < -0.39 is 5.91 Å². The van der Waals surface area contributed by atoms with Crippen LogP contribution >= 0.6 is 0 Å². The van der Waals surface area contributed by atoms with E-state index >= 15 is 0 Å². The van der Waals surface area contributed by atoms with Crippen LogP contribution in [-0.2, 0) is 6.54 Å². The van der Waals surface area contributed by atoms with Crippen molar-refractivity contribution in [3.8, 4) is 5.75 Å². The van der Waals surface area contributed by atoms with Crippen molar-refractivity contribution >= 4 is 23.4 Å². The highest BCUT2D eigenvalue weighted by Gasteiger charge is 2.36. The Kier molecular flexibility index (Phi) is 5.26. The van der Waals surface area contributed by atoms with Crippen molar-refractivity contribution in [2.24, 2.45) is 0 Å². The Bertz CT molecular complexity index is 1110. The molecule has 30 heavy (non-hydrogen) atoms. The molecule has 0 radical (unpaired) electrons. The molecule has 0 atom stereocenters. The minimum atomic E-state index is -0.414. The van der Waals surface area contributed by atoms with Gasteiger partial charge in [0.2, 0.25) is 0 Å². The highest BCUT2D eigenvalue weighted by Crippen LogP contribution is 2.26. The average molecular weight is 401 g/mol. The summed E-state index contributed by atoms with van der Waals surface area (Å²) in [6.07, 6.45) is 3.22. The minimum absolute atomic E-state index is 0.155. The van der Waals surface area contributed by atoms with E-state index in [1.807, 2.05) is 6.92 Å². The fourth-order valence-electron chi connectivity index (χ4n) is 3.25. The van der Waals surface area contributed by atoms with Gasteiger partial charge in [-0.05, 0) is 67.1 Å². The van der Waals surface area contributed by atoms with E-state index in [4.69, 9.17) is 4.74 Å². The van der Waals surface area contributed by atoms with Crippen LogP contribution < -0.4 is 10.1 Å². The molecule has 0 saturated heterocycles. The Morgan fingerprint density at radius 3 is 2.37 bits per heavy atom. The first-order chi connectivity index (χ1) is 14.6. The Morgan fingerprint density at radius 2 is 1.67 bits per heavy atom. The highest BCUT2D eigenvalue weighted by molar-refractivity contribution is 6.22. The number of benzene rings is 2. The van der Waals surface area contributed by atoms with Crippen molar-refractivity contribution in [1.82, 2.24) is 9.88 Å². The molecule has 7 nitrogen and oxygen atoms in total. The van der Waals surface area contributed by atoms with Gasteiger partial charge in [-0.1, -0.05) is 0 Å². The monoisotopic (exact) mass is 401 g/mol. The Hall–Kier alpha value is -4.00. The van der Waals surface area contributed by atoms with Gasteiger partial charge in [-0.15, -0.1) is 0 Å². The molecule has 3 aromatic rings. The maximum atomic E-state index is 12.8. The topological polar surface area (TPSA) is 88.6 Å². The van der Waals surface area contributed by atoms with Crippen LogP contribution in [0.5, 0.6) is 5.75 Å². The van der Waals surface area contributed by atoms with E-state index in [-0.39, 0.29) is 23.9 Å². The van der Waals surface area contributed by atoms with Crippen LogP contribution in [0.25, 0.3) is 0 Å². The van der Waals surface area contributed by atoms with Crippen molar-refractivity contribution < 1.29 is 19.1 Å². The third kappa shape index (κ3) is 3.77. The van der Waals surface area contributed by atoms with Crippen molar-refractivity contribution in [1.29, 1.82) is 0 Å². The zero-order chi connectivity index (χ0) is 21.1. The number of rotatable bonds is 6. The molecule has 0 unspecified atom stereocenters. The average Bonchev–Trinajstić information content (AvgIpc) is 3.00. The van der Waals surface area contributed by atoms with Gasteiger partial charge < -0.3 is 10.1 Å². The molecular weight excluding hydrogens is 382 g/mol. The molecule has 0 aliphatic carbocycles. The lowest BCUT2D eigenvalue weighted by molar-refractivity contribution is 0.0642. The third-order valence-electron chi connectivity index (χ3n) is 4.75. The van der Waals surface area contributed by atoms with Gasteiger partial charge in [0.1, 0.15) is 5.75 Å². The molecule has 0 bridgehead atoms. The van der Waals surface area contributed by atoms with E-state index in [0.29, 0.717) is 29.2 Å². The van der Waals surface area contributed by atoms with Gasteiger partial charge in [0.15, 0.2) is 0 Å². The molecule has 2 aromatic carbocycles. The van der Waals surface area contributed by atoms with Crippen LogP contribution in [0.3, 0.4) is 0 Å².